The Balaban J connectivity index is 1.83. The minimum Gasteiger partial charge on any atom is -0.480 e. The third-order valence-corrected chi connectivity index (χ3v) is 5.81. The quantitative estimate of drug-likeness (QED) is 0.791. The number of aromatic nitrogens is 2. The van der Waals surface area contributed by atoms with Crippen LogP contribution in [0.5, 0.6) is 0 Å². The summed E-state index contributed by atoms with van der Waals surface area (Å²) in [5.41, 5.74) is 0.814. The Morgan fingerprint density at radius 3 is 2.78 bits per heavy atom. The summed E-state index contributed by atoms with van der Waals surface area (Å²) in [6, 6.07) is 7.14. The molecule has 1 aromatic heterocycles. The van der Waals surface area contributed by atoms with Gasteiger partial charge < -0.3 is 14.7 Å². The van der Waals surface area contributed by atoms with Gasteiger partial charge in [-0.2, -0.15) is 5.10 Å². The van der Waals surface area contributed by atoms with Gasteiger partial charge in [0.2, 0.25) is 0 Å². The van der Waals surface area contributed by atoms with Crippen LogP contribution in [0.1, 0.15) is 29.8 Å². The molecule has 7 nitrogen and oxygen atoms in total. The summed E-state index contributed by atoms with van der Waals surface area (Å²) in [5, 5.41) is 12.7. The third-order valence-electron chi connectivity index (χ3n) is 4.65. The number of carbonyl (C=O) groups is 2. The molecule has 0 spiro atoms. The molecule has 2 atom stereocenters. The lowest BCUT2D eigenvalue weighted by atomic mass is 9.96. The fraction of sp³-hybridized carbons (Fsp3) is 0.421. The predicted molar refractivity (Wildman–Crippen MR) is 102 cm³/mol. The highest BCUT2D eigenvalue weighted by Crippen LogP contribution is 2.32. The van der Waals surface area contributed by atoms with Gasteiger partial charge in [0, 0.05) is 30.2 Å². The average molecular weight is 389 g/mol. The molecule has 0 saturated carbocycles. The van der Waals surface area contributed by atoms with Gasteiger partial charge in [0.1, 0.15) is 10.9 Å². The number of carbonyl (C=O) groups excluding carboxylic acids is 1. The van der Waals surface area contributed by atoms with Gasteiger partial charge in [0.05, 0.1) is 24.9 Å². The lowest BCUT2D eigenvalue weighted by Gasteiger charge is -2.40. The summed E-state index contributed by atoms with van der Waals surface area (Å²) in [5.74, 6) is -1.02. The second-order valence-electron chi connectivity index (χ2n) is 6.80. The summed E-state index contributed by atoms with van der Waals surface area (Å²) in [4.78, 5) is 26.8. The number of hydrogen-bond donors (Lipinski definition) is 1. The molecule has 3 rings (SSSR count). The Labute approximate surface area is 162 Å². The zero-order valence-corrected chi connectivity index (χ0v) is 16.4. The maximum absolute atomic E-state index is 13.2. The van der Waals surface area contributed by atoms with Gasteiger partial charge in [0.25, 0.3) is 5.91 Å². The van der Waals surface area contributed by atoms with Crippen LogP contribution in [0, 0.1) is 0 Å². The van der Waals surface area contributed by atoms with E-state index in [9.17, 15) is 14.7 Å². The van der Waals surface area contributed by atoms with Crippen LogP contribution in [-0.2, 0) is 22.2 Å². The summed E-state index contributed by atoms with van der Waals surface area (Å²) in [6.07, 6.45) is 3.65. The van der Waals surface area contributed by atoms with Crippen molar-refractivity contribution in [2.24, 2.45) is 7.05 Å². The molecule has 2 unspecified atom stereocenters. The van der Waals surface area contributed by atoms with Crippen LogP contribution in [0.2, 0.25) is 0 Å². The SMILES string of the molecule is CC(Sc1ccccc1C(=O)N1CCOC(C)(c2cnn(C)c2)C1)C(=O)O. The number of benzene rings is 1. The predicted octanol–water partition coefficient (Wildman–Crippen LogP) is 2.37. The first-order valence-corrected chi connectivity index (χ1v) is 9.59. The third kappa shape index (κ3) is 4.17. The molecule has 1 aliphatic rings. The lowest BCUT2D eigenvalue weighted by Crippen LogP contribution is -2.50. The van der Waals surface area contributed by atoms with E-state index in [1.807, 2.05) is 26.2 Å². The molecule has 8 heteroatoms. The molecule has 2 heterocycles. The molecule has 1 aliphatic heterocycles. The fourth-order valence-electron chi connectivity index (χ4n) is 3.07. The zero-order valence-electron chi connectivity index (χ0n) is 15.6. The normalized spacial score (nSPS) is 21.1. The molecule has 0 bridgehead atoms. The summed E-state index contributed by atoms with van der Waals surface area (Å²) in [7, 11) is 1.84. The molecule has 0 radical (unpaired) electrons. The van der Waals surface area contributed by atoms with Gasteiger partial charge in [-0.1, -0.05) is 12.1 Å². The van der Waals surface area contributed by atoms with Crippen LogP contribution in [0.25, 0.3) is 0 Å². The van der Waals surface area contributed by atoms with E-state index < -0.39 is 16.8 Å². The monoisotopic (exact) mass is 389 g/mol. The van der Waals surface area contributed by atoms with Crippen molar-refractivity contribution in [3.63, 3.8) is 0 Å². The van der Waals surface area contributed by atoms with E-state index in [1.54, 1.807) is 40.9 Å². The van der Waals surface area contributed by atoms with E-state index >= 15 is 0 Å². The zero-order chi connectivity index (χ0) is 19.6. The van der Waals surface area contributed by atoms with Crippen molar-refractivity contribution >= 4 is 23.6 Å². The van der Waals surface area contributed by atoms with Crippen molar-refractivity contribution in [3.05, 3.63) is 47.8 Å². The molecule has 0 aliphatic carbocycles. The number of carboxylic acids is 1. The number of aliphatic carboxylic acids is 1. The van der Waals surface area contributed by atoms with Gasteiger partial charge in [-0.3, -0.25) is 14.3 Å². The Bertz CT molecular complexity index is 853. The number of rotatable bonds is 5. The van der Waals surface area contributed by atoms with E-state index in [1.165, 1.54) is 11.8 Å². The first-order chi connectivity index (χ1) is 12.8. The van der Waals surface area contributed by atoms with Crippen LogP contribution in [-0.4, -0.2) is 56.6 Å². The number of nitrogens with zero attached hydrogens (tertiary/aromatic N) is 3. The highest BCUT2D eigenvalue weighted by Gasteiger charge is 2.37. The van der Waals surface area contributed by atoms with Gasteiger partial charge in [-0.15, -0.1) is 11.8 Å². The maximum Gasteiger partial charge on any atom is 0.316 e. The first kappa shape index (κ1) is 19.4. The largest absolute Gasteiger partial charge is 0.480 e. The lowest BCUT2D eigenvalue weighted by molar-refractivity contribution is -0.136. The summed E-state index contributed by atoms with van der Waals surface area (Å²) in [6.45, 7) is 4.89. The molecular formula is C19H23N3O4S. The van der Waals surface area contributed by atoms with Crippen LogP contribution in [0.15, 0.2) is 41.6 Å². The number of amides is 1. The van der Waals surface area contributed by atoms with Crippen LogP contribution >= 0.6 is 11.8 Å². The fourth-order valence-corrected chi connectivity index (χ4v) is 3.99. The van der Waals surface area contributed by atoms with E-state index in [0.717, 1.165) is 5.56 Å². The number of carboxylic acid groups (broad SMARTS) is 1. The number of thioether (sulfide) groups is 1. The van der Waals surface area contributed by atoms with E-state index in [0.29, 0.717) is 30.2 Å². The number of ether oxygens (including phenoxy) is 1. The molecule has 1 fully saturated rings. The minimum atomic E-state index is -0.905. The van der Waals surface area contributed by atoms with Crippen molar-refractivity contribution in [1.29, 1.82) is 0 Å². The Kier molecular flexibility index (Phi) is 5.57. The van der Waals surface area contributed by atoms with Crippen molar-refractivity contribution in [2.75, 3.05) is 19.7 Å². The topological polar surface area (TPSA) is 84.7 Å². The number of aryl methyl sites for hydroxylation is 1. The number of morpholine rings is 1. The Morgan fingerprint density at radius 1 is 1.37 bits per heavy atom. The van der Waals surface area contributed by atoms with E-state index in [4.69, 9.17) is 4.74 Å². The smallest absolute Gasteiger partial charge is 0.316 e. The Morgan fingerprint density at radius 2 is 2.11 bits per heavy atom. The van der Waals surface area contributed by atoms with Gasteiger partial charge in [-0.05, 0) is 26.0 Å². The molecule has 1 N–H and O–H groups in total. The first-order valence-electron chi connectivity index (χ1n) is 8.71. The van der Waals surface area contributed by atoms with Gasteiger partial charge in [0.15, 0.2) is 0 Å². The van der Waals surface area contributed by atoms with Crippen molar-refractivity contribution in [1.82, 2.24) is 14.7 Å². The minimum absolute atomic E-state index is 0.117. The molecule has 144 valence electrons. The van der Waals surface area contributed by atoms with Gasteiger partial charge in [-0.25, -0.2) is 0 Å². The molecule has 27 heavy (non-hydrogen) atoms. The average Bonchev–Trinajstić information content (AvgIpc) is 3.09. The van der Waals surface area contributed by atoms with Crippen LogP contribution < -0.4 is 0 Å². The van der Waals surface area contributed by atoms with Gasteiger partial charge >= 0.3 is 5.97 Å². The second kappa shape index (κ2) is 7.74. The highest BCUT2D eigenvalue weighted by atomic mass is 32.2. The standard InChI is InChI=1S/C19H23N3O4S/c1-13(18(24)25)27-16-7-5-4-6-15(16)17(23)22-8-9-26-19(2,12-22)14-10-20-21(3)11-14/h4-7,10-11,13H,8-9,12H2,1-3H3,(H,24,25). The molecule has 2 aromatic rings. The maximum atomic E-state index is 13.2. The number of hydrogen-bond acceptors (Lipinski definition) is 5. The van der Waals surface area contributed by atoms with Crippen molar-refractivity contribution in [3.8, 4) is 0 Å². The van der Waals surface area contributed by atoms with E-state index in [2.05, 4.69) is 5.10 Å². The molecule has 1 aromatic carbocycles. The van der Waals surface area contributed by atoms with E-state index in [-0.39, 0.29) is 5.91 Å². The van der Waals surface area contributed by atoms with Crippen LogP contribution in [0.3, 0.4) is 0 Å². The molecule has 1 amide bonds. The van der Waals surface area contributed by atoms with Crippen LogP contribution in [0.4, 0.5) is 0 Å². The van der Waals surface area contributed by atoms with Crippen molar-refractivity contribution < 1.29 is 19.4 Å². The molecular weight excluding hydrogens is 366 g/mol. The highest BCUT2D eigenvalue weighted by molar-refractivity contribution is 8.00. The summed E-state index contributed by atoms with van der Waals surface area (Å²) >= 11 is 1.18. The molecule has 1 saturated heterocycles. The summed E-state index contributed by atoms with van der Waals surface area (Å²) < 4.78 is 7.69. The van der Waals surface area contributed by atoms with Crippen molar-refractivity contribution in [2.45, 2.75) is 29.6 Å². The second-order valence-corrected chi connectivity index (χ2v) is 8.19. The Hall–Kier alpha value is -2.32.